The molecule has 1 aromatic carbocycles. The van der Waals surface area contributed by atoms with Crippen molar-refractivity contribution in [3.63, 3.8) is 0 Å². The van der Waals surface area contributed by atoms with Gasteiger partial charge in [-0.2, -0.15) is 0 Å². The Morgan fingerprint density at radius 3 is 1.67 bits per heavy atom. The largest absolute Gasteiger partial charge is 0.359 e. The van der Waals surface area contributed by atoms with E-state index in [0.717, 1.165) is 11.4 Å². The predicted molar refractivity (Wildman–Crippen MR) is 52.8 cm³/mol. The van der Waals surface area contributed by atoms with Crippen LogP contribution in [0.15, 0.2) is 24.5 Å². The van der Waals surface area contributed by atoms with Crippen LogP contribution in [-0.2, 0) is 0 Å². The molecule has 0 unspecified atom stereocenters. The average Bonchev–Trinajstić information content (AvgIpc) is 2.07. The van der Waals surface area contributed by atoms with Crippen LogP contribution in [-0.4, -0.2) is 0 Å². The minimum atomic E-state index is 0.556. The van der Waals surface area contributed by atoms with Crippen LogP contribution in [0, 0.1) is 0 Å². The third kappa shape index (κ3) is 1.24. The van der Waals surface area contributed by atoms with E-state index >= 15 is 0 Å². The second-order valence-corrected chi connectivity index (χ2v) is 3.25. The van der Waals surface area contributed by atoms with E-state index in [2.05, 4.69) is 10.6 Å². The van der Waals surface area contributed by atoms with Gasteiger partial charge in [-0.1, -0.05) is 23.2 Å². The summed E-state index contributed by atoms with van der Waals surface area (Å²) in [5.74, 6) is 0. The van der Waals surface area contributed by atoms with Gasteiger partial charge in [0.2, 0.25) is 0 Å². The van der Waals surface area contributed by atoms with Gasteiger partial charge in [0.15, 0.2) is 0 Å². The van der Waals surface area contributed by atoms with Crippen LogP contribution in [0.3, 0.4) is 0 Å². The Bertz CT molecular complexity index is 314. The van der Waals surface area contributed by atoms with E-state index in [0.29, 0.717) is 10.0 Å². The molecule has 1 aromatic rings. The molecule has 2 nitrogen and oxygen atoms in total. The molecule has 0 saturated heterocycles. The predicted octanol–water partition coefficient (Wildman–Crippen LogP) is 3.30. The van der Waals surface area contributed by atoms with Crippen molar-refractivity contribution in [2.75, 3.05) is 10.6 Å². The number of rotatable bonds is 0. The van der Waals surface area contributed by atoms with Gasteiger partial charge in [0.05, 0.1) is 21.4 Å². The highest BCUT2D eigenvalue weighted by molar-refractivity contribution is 6.42. The minimum Gasteiger partial charge on any atom is -0.359 e. The van der Waals surface area contributed by atoms with Crippen molar-refractivity contribution in [2.45, 2.75) is 0 Å². The monoisotopic (exact) mass is 200 g/mol. The highest BCUT2D eigenvalue weighted by Gasteiger charge is 2.07. The number of hydrogen-bond acceptors (Lipinski definition) is 2. The Morgan fingerprint density at radius 1 is 0.833 bits per heavy atom. The van der Waals surface area contributed by atoms with Crippen LogP contribution in [0.25, 0.3) is 0 Å². The summed E-state index contributed by atoms with van der Waals surface area (Å²) in [4.78, 5) is 0. The van der Waals surface area contributed by atoms with Crippen molar-refractivity contribution < 1.29 is 0 Å². The molecule has 0 bridgehead atoms. The van der Waals surface area contributed by atoms with Crippen molar-refractivity contribution in [3.8, 4) is 0 Å². The fraction of sp³-hybridized carbons (Fsp3) is 0. The summed E-state index contributed by atoms with van der Waals surface area (Å²) in [5.41, 5.74) is 1.87. The van der Waals surface area contributed by atoms with Gasteiger partial charge in [-0.25, -0.2) is 0 Å². The Balaban J connectivity index is 2.53. The molecule has 2 N–H and O–H groups in total. The number of fused-ring (bicyclic) bond motifs is 1. The van der Waals surface area contributed by atoms with Crippen molar-refractivity contribution in [2.24, 2.45) is 0 Å². The minimum absolute atomic E-state index is 0.556. The molecular formula is C8H6Cl2N2. The first-order valence-corrected chi connectivity index (χ1v) is 4.20. The molecule has 1 heterocycles. The van der Waals surface area contributed by atoms with Gasteiger partial charge in [0.1, 0.15) is 0 Å². The maximum atomic E-state index is 5.82. The molecular weight excluding hydrogens is 195 g/mol. The first-order chi connectivity index (χ1) is 5.77. The second-order valence-electron chi connectivity index (χ2n) is 2.43. The Morgan fingerprint density at radius 2 is 1.25 bits per heavy atom. The molecule has 0 atom stereocenters. The molecule has 0 radical (unpaired) electrons. The van der Waals surface area contributed by atoms with Gasteiger partial charge in [-0.15, -0.1) is 0 Å². The SMILES string of the molecule is Clc1cc2c(cc1Cl)NC=CN2. The van der Waals surface area contributed by atoms with Gasteiger partial charge < -0.3 is 10.6 Å². The van der Waals surface area contributed by atoms with Gasteiger partial charge in [0, 0.05) is 12.4 Å². The average molecular weight is 201 g/mol. The summed E-state index contributed by atoms with van der Waals surface area (Å²) in [6.45, 7) is 0. The van der Waals surface area contributed by atoms with Crippen molar-refractivity contribution >= 4 is 34.6 Å². The highest BCUT2D eigenvalue weighted by Crippen LogP contribution is 2.33. The summed E-state index contributed by atoms with van der Waals surface area (Å²) < 4.78 is 0. The molecule has 0 saturated carbocycles. The first-order valence-electron chi connectivity index (χ1n) is 3.44. The van der Waals surface area contributed by atoms with E-state index in [1.54, 1.807) is 24.5 Å². The fourth-order valence-electron chi connectivity index (χ4n) is 1.05. The van der Waals surface area contributed by atoms with E-state index in [1.165, 1.54) is 0 Å². The van der Waals surface area contributed by atoms with Gasteiger partial charge in [-0.05, 0) is 12.1 Å². The smallest absolute Gasteiger partial charge is 0.0635 e. The van der Waals surface area contributed by atoms with E-state index in [1.807, 2.05) is 0 Å². The maximum absolute atomic E-state index is 5.82. The molecule has 2 rings (SSSR count). The molecule has 0 amide bonds. The normalized spacial score (nSPS) is 13.2. The first kappa shape index (κ1) is 7.77. The van der Waals surface area contributed by atoms with Gasteiger partial charge in [-0.3, -0.25) is 0 Å². The number of hydrogen-bond donors (Lipinski definition) is 2. The number of anilines is 2. The van der Waals surface area contributed by atoms with Crippen LogP contribution in [0.2, 0.25) is 10.0 Å². The lowest BCUT2D eigenvalue weighted by Crippen LogP contribution is -2.01. The zero-order chi connectivity index (χ0) is 8.55. The lowest BCUT2D eigenvalue weighted by atomic mass is 10.2. The van der Waals surface area contributed by atoms with Crippen molar-refractivity contribution in [3.05, 3.63) is 34.6 Å². The van der Waals surface area contributed by atoms with Crippen LogP contribution >= 0.6 is 23.2 Å². The number of halogens is 2. The van der Waals surface area contributed by atoms with Crippen LogP contribution < -0.4 is 10.6 Å². The Labute approximate surface area is 80.2 Å². The Kier molecular flexibility index (Phi) is 1.87. The van der Waals surface area contributed by atoms with Crippen LogP contribution in [0.1, 0.15) is 0 Å². The highest BCUT2D eigenvalue weighted by atomic mass is 35.5. The van der Waals surface area contributed by atoms with Crippen molar-refractivity contribution in [1.29, 1.82) is 0 Å². The maximum Gasteiger partial charge on any atom is 0.0635 e. The van der Waals surface area contributed by atoms with E-state index in [4.69, 9.17) is 23.2 Å². The number of nitrogens with one attached hydrogen (secondary N) is 2. The van der Waals surface area contributed by atoms with Crippen LogP contribution in [0.4, 0.5) is 11.4 Å². The van der Waals surface area contributed by atoms with Crippen molar-refractivity contribution in [1.82, 2.24) is 0 Å². The topological polar surface area (TPSA) is 24.1 Å². The molecule has 4 heteroatoms. The zero-order valence-electron chi connectivity index (χ0n) is 6.07. The van der Waals surface area contributed by atoms with E-state index in [-0.39, 0.29) is 0 Å². The molecule has 0 aliphatic carbocycles. The van der Waals surface area contributed by atoms with E-state index < -0.39 is 0 Å². The number of benzene rings is 1. The standard InChI is InChI=1S/C8H6Cl2N2/c9-5-3-7-8(4-6(5)10)12-2-1-11-7/h1-4,11-12H. The zero-order valence-corrected chi connectivity index (χ0v) is 7.58. The van der Waals surface area contributed by atoms with E-state index in [9.17, 15) is 0 Å². The molecule has 12 heavy (non-hydrogen) atoms. The molecule has 62 valence electrons. The molecule has 0 spiro atoms. The van der Waals surface area contributed by atoms with Gasteiger partial charge in [0.25, 0.3) is 0 Å². The van der Waals surface area contributed by atoms with Gasteiger partial charge >= 0.3 is 0 Å². The third-order valence-corrected chi connectivity index (χ3v) is 2.34. The summed E-state index contributed by atoms with van der Waals surface area (Å²) in [5, 5.41) is 7.20. The molecule has 1 aliphatic rings. The quantitative estimate of drug-likeness (QED) is 0.672. The molecule has 0 fully saturated rings. The second kappa shape index (κ2) is 2.88. The summed E-state index contributed by atoms with van der Waals surface area (Å²) in [6, 6.07) is 3.57. The molecule has 0 aromatic heterocycles. The lowest BCUT2D eigenvalue weighted by molar-refractivity contribution is 1.46. The summed E-state index contributed by atoms with van der Waals surface area (Å²) in [6.07, 6.45) is 3.60. The fourth-order valence-corrected chi connectivity index (χ4v) is 1.38. The lowest BCUT2D eigenvalue weighted by Gasteiger charge is -2.14. The summed E-state index contributed by atoms with van der Waals surface area (Å²) in [7, 11) is 0. The molecule has 1 aliphatic heterocycles. The third-order valence-electron chi connectivity index (χ3n) is 1.62. The summed E-state index contributed by atoms with van der Waals surface area (Å²) >= 11 is 11.6. The van der Waals surface area contributed by atoms with Crippen LogP contribution in [0.5, 0.6) is 0 Å². The Hall–Kier alpha value is -0.860.